The van der Waals surface area contributed by atoms with E-state index in [0.29, 0.717) is 6.04 Å². The van der Waals surface area contributed by atoms with Crippen molar-refractivity contribution in [1.29, 1.82) is 5.26 Å². The molecule has 17 heavy (non-hydrogen) atoms. The van der Waals surface area contributed by atoms with Gasteiger partial charge in [-0.05, 0) is 37.5 Å². The van der Waals surface area contributed by atoms with E-state index >= 15 is 0 Å². The molecule has 0 bridgehead atoms. The van der Waals surface area contributed by atoms with Crippen LogP contribution in [-0.4, -0.2) is 6.04 Å². The van der Waals surface area contributed by atoms with Crippen molar-refractivity contribution in [3.05, 3.63) is 34.9 Å². The summed E-state index contributed by atoms with van der Waals surface area (Å²) in [5.74, 6) is 0.164. The van der Waals surface area contributed by atoms with Crippen LogP contribution in [0.25, 0.3) is 0 Å². The maximum absolute atomic E-state index is 9.05. The molecule has 2 nitrogen and oxygen atoms in total. The lowest BCUT2D eigenvalue weighted by Crippen LogP contribution is -2.33. The summed E-state index contributed by atoms with van der Waals surface area (Å²) in [7, 11) is 0. The maximum Gasteiger partial charge on any atom is 0.0672 e. The third-order valence-electron chi connectivity index (χ3n) is 3.49. The first-order valence-electron chi connectivity index (χ1n) is 6.12. The summed E-state index contributed by atoms with van der Waals surface area (Å²) in [5.41, 5.74) is 1.18. The molecule has 0 spiro atoms. The van der Waals surface area contributed by atoms with Gasteiger partial charge in [0.1, 0.15) is 0 Å². The van der Waals surface area contributed by atoms with Crippen LogP contribution in [-0.2, 0) is 0 Å². The Labute approximate surface area is 108 Å². The molecule has 2 rings (SSSR count). The summed E-state index contributed by atoms with van der Waals surface area (Å²) < 4.78 is 0. The van der Waals surface area contributed by atoms with Crippen LogP contribution < -0.4 is 5.32 Å². The van der Waals surface area contributed by atoms with E-state index in [9.17, 15) is 0 Å². The summed E-state index contributed by atoms with van der Waals surface area (Å²) in [6, 6.07) is 10.9. The summed E-state index contributed by atoms with van der Waals surface area (Å²) in [6.07, 6.45) is 3.28. The second kappa shape index (κ2) is 5.53. The number of benzene rings is 1. The highest BCUT2D eigenvalue weighted by Gasteiger charge is 2.28. The number of hydrogen-bond donors (Lipinski definition) is 1. The number of nitrogens with zero attached hydrogens (tertiary/aromatic N) is 1. The number of halogens is 1. The Bertz CT molecular complexity index is 424. The van der Waals surface area contributed by atoms with E-state index in [1.807, 2.05) is 18.2 Å². The molecule has 1 aromatic rings. The fourth-order valence-electron chi connectivity index (χ4n) is 2.51. The van der Waals surface area contributed by atoms with E-state index in [2.05, 4.69) is 24.4 Å². The van der Waals surface area contributed by atoms with Crippen LogP contribution in [0.2, 0.25) is 5.02 Å². The standard InChI is InChI=1S/C14H17ClN2/c1-10(11-4-2-6-13(15)8-11)17-14-7-3-5-12(14)9-16/h2,4,6,8,10,12,14,17H,3,5,7H2,1H3. The summed E-state index contributed by atoms with van der Waals surface area (Å²) in [4.78, 5) is 0. The zero-order valence-electron chi connectivity index (χ0n) is 9.99. The maximum atomic E-state index is 9.05. The predicted molar refractivity (Wildman–Crippen MR) is 69.7 cm³/mol. The van der Waals surface area contributed by atoms with Gasteiger partial charge in [0.15, 0.2) is 0 Å². The van der Waals surface area contributed by atoms with Crippen LogP contribution in [0.3, 0.4) is 0 Å². The smallest absolute Gasteiger partial charge is 0.0672 e. The molecule has 0 amide bonds. The minimum Gasteiger partial charge on any atom is -0.306 e. The Hall–Kier alpha value is -1.04. The van der Waals surface area contributed by atoms with E-state index in [1.165, 1.54) is 5.56 Å². The zero-order chi connectivity index (χ0) is 12.3. The average molecular weight is 249 g/mol. The topological polar surface area (TPSA) is 35.8 Å². The van der Waals surface area contributed by atoms with Crippen molar-refractivity contribution >= 4 is 11.6 Å². The molecule has 3 atom stereocenters. The van der Waals surface area contributed by atoms with Crippen molar-refractivity contribution in [2.75, 3.05) is 0 Å². The lowest BCUT2D eigenvalue weighted by Gasteiger charge is -2.22. The third kappa shape index (κ3) is 3.00. The molecule has 1 aliphatic carbocycles. The number of nitriles is 1. The van der Waals surface area contributed by atoms with Gasteiger partial charge >= 0.3 is 0 Å². The summed E-state index contributed by atoms with van der Waals surface area (Å²) in [6.45, 7) is 2.12. The van der Waals surface area contributed by atoms with Crippen LogP contribution in [0.5, 0.6) is 0 Å². The second-order valence-corrected chi connectivity index (χ2v) is 5.15. The molecule has 1 N–H and O–H groups in total. The Morgan fingerprint density at radius 1 is 1.47 bits per heavy atom. The van der Waals surface area contributed by atoms with Gasteiger partial charge in [0.05, 0.1) is 12.0 Å². The third-order valence-corrected chi connectivity index (χ3v) is 3.73. The molecular weight excluding hydrogens is 232 g/mol. The van der Waals surface area contributed by atoms with Gasteiger partial charge in [-0.1, -0.05) is 30.2 Å². The highest BCUT2D eigenvalue weighted by Crippen LogP contribution is 2.27. The molecule has 1 saturated carbocycles. The molecule has 0 aliphatic heterocycles. The molecular formula is C14H17ClN2. The van der Waals surface area contributed by atoms with Crippen LogP contribution >= 0.6 is 11.6 Å². The van der Waals surface area contributed by atoms with E-state index in [4.69, 9.17) is 16.9 Å². The largest absolute Gasteiger partial charge is 0.306 e. The molecule has 0 saturated heterocycles. The van der Waals surface area contributed by atoms with Crippen LogP contribution in [0.15, 0.2) is 24.3 Å². The fourth-order valence-corrected chi connectivity index (χ4v) is 2.71. The fraction of sp³-hybridized carbons (Fsp3) is 0.500. The molecule has 0 heterocycles. The van der Waals surface area contributed by atoms with E-state index in [-0.39, 0.29) is 12.0 Å². The number of hydrogen-bond acceptors (Lipinski definition) is 2. The molecule has 0 aromatic heterocycles. The first-order chi connectivity index (χ1) is 8.20. The predicted octanol–water partition coefficient (Wildman–Crippen LogP) is 3.68. The average Bonchev–Trinajstić information content (AvgIpc) is 2.76. The van der Waals surface area contributed by atoms with Crippen LogP contribution in [0, 0.1) is 17.2 Å². The highest BCUT2D eigenvalue weighted by atomic mass is 35.5. The first-order valence-corrected chi connectivity index (χ1v) is 6.49. The Kier molecular flexibility index (Phi) is 4.04. The molecule has 3 heteroatoms. The number of nitrogens with one attached hydrogen (secondary N) is 1. The van der Waals surface area contributed by atoms with Gasteiger partial charge in [0, 0.05) is 17.1 Å². The minimum absolute atomic E-state index is 0.164. The van der Waals surface area contributed by atoms with E-state index in [0.717, 1.165) is 24.3 Å². The lowest BCUT2D eigenvalue weighted by atomic mass is 10.0. The van der Waals surface area contributed by atoms with Crippen molar-refractivity contribution in [3.63, 3.8) is 0 Å². The van der Waals surface area contributed by atoms with Crippen molar-refractivity contribution in [1.82, 2.24) is 5.32 Å². The van der Waals surface area contributed by atoms with Crippen LogP contribution in [0.4, 0.5) is 0 Å². The monoisotopic (exact) mass is 248 g/mol. The Morgan fingerprint density at radius 2 is 2.29 bits per heavy atom. The van der Waals surface area contributed by atoms with Gasteiger partial charge in [-0.3, -0.25) is 0 Å². The van der Waals surface area contributed by atoms with Crippen molar-refractivity contribution < 1.29 is 0 Å². The quantitative estimate of drug-likeness (QED) is 0.886. The molecule has 1 aliphatic rings. The minimum atomic E-state index is 0.164. The first kappa shape index (κ1) is 12.4. The highest BCUT2D eigenvalue weighted by molar-refractivity contribution is 6.30. The van der Waals surface area contributed by atoms with Gasteiger partial charge < -0.3 is 5.32 Å². The second-order valence-electron chi connectivity index (χ2n) is 4.72. The molecule has 3 unspecified atom stereocenters. The molecule has 90 valence electrons. The van der Waals surface area contributed by atoms with Gasteiger partial charge in [0.2, 0.25) is 0 Å². The summed E-state index contributed by atoms with van der Waals surface area (Å²) in [5, 5.41) is 13.4. The zero-order valence-corrected chi connectivity index (χ0v) is 10.7. The van der Waals surface area contributed by atoms with Crippen molar-refractivity contribution in [2.45, 2.75) is 38.3 Å². The van der Waals surface area contributed by atoms with Crippen LogP contribution in [0.1, 0.15) is 37.8 Å². The van der Waals surface area contributed by atoms with Crippen molar-refractivity contribution in [3.8, 4) is 6.07 Å². The summed E-state index contributed by atoms with van der Waals surface area (Å²) >= 11 is 5.98. The lowest BCUT2D eigenvalue weighted by molar-refractivity contribution is 0.417. The molecule has 0 radical (unpaired) electrons. The molecule has 1 fully saturated rings. The van der Waals surface area contributed by atoms with Crippen molar-refractivity contribution in [2.24, 2.45) is 5.92 Å². The number of rotatable bonds is 3. The Morgan fingerprint density at radius 3 is 3.00 bits per heavy atom. The van der Waals surface area contributed by atoms with Gasteiger partial charge in [0.25, 0.3) is 0 Å². The van der Waals surface area contributed by atoms with E-state index in [1.54, 1.807) is 0 Å². The van der Waals surface area contributed by atoms with Gasteiger partial charge in [-0.25, -0.2) is 0 Å². The Balaban J connectivity index is 2.02. The normalized spacial score (nSPS) is 25.5. The van der Waals surface area contributed by atoms with Gasteiger partial charge in [-0.15, -0.1) is 0 Å². The van der Waals surface area contributed by atoms with Gasteiger partial charge in [-0.2, -0.15) is 5.26 Å². The van der Waals surface area contributed by atoms with E-state index < -0.39 is 0 Å². The SMILES string of the molecule is CC(NC1CCCC1C#N)c1cccc(Cl)c1. The molecule has 1 aromatic carbocycles.